The third kappa shape index (κ3) is 4.86. The van der Waals surface area contributed by atoms with Crippen molar-refractivity contribution in [2.45, 2.75) is 26.2 Å². The molecule has 0 aliphatic rings. The molecule has 1 aromatic carbocycles. The highest BCUT2D eigenvalue weighted by Gasteiger charge is 2.20. The van der Waals surface area contributed by atoms with E-state index in [1.807, 2.05) is 13.0 Å². The van der Waals surface area contributed by atoms with Crippen LogP contribution in [0.5, 0.6) is 0 Å². The van der Waals surface area contributed by atoms with Crippen LogP contribution in [0.15, 0.2) is 24.3 Å². The molecule has 0 saturated carbocycles. The summed E-state index contributed by atoms with van der Waals surface area (Å²) >= 11 is 0. The summed E-state index contributed by atoms with van der Waals surface area (Å²) in [5.74, 6) is -1.05. The van der Waals surface area contributed by atoms with Crippen molar-refractivity contribution >= 4 is 11.9 Å². The molecule has 21 heavy (non-hydrogen) atoms. The molecule has 5 nitrogen and oxygen atoms in total. The fraction of sp³-hybridized carbons (Fsp3) is 0.500. The molecule has 5 heteroatoms. The van der Waals surface area contributed by atoms with Crippen LogP contribution in [0.25, 0.3) is 0 Å². The van der Waals surface area contributed by atoms with Gasteiger partial charge in [0.05, 0.1) is 11.5 Å². The van der Waals surface area contributed by atoms with Gasteiger partial charge in [0.1, 0.15) is 0 Å². The quantitative estimate of drug-likeness (QED) is 0.764. The van der Waals surface area contributed by atoms with Crippen molar-refractivity contribution in [2.75, 3.05) is 20.1 Å². The molecule has 0 heterocycles. The lowest BCUT2D eigenvalue weighted by molar-refractivity contribution is -0.134. The Morgan fingerprint density at radius 2 is 2.00 bits per heavy atom. The summed E-state index contributed by atoms with van der Waals surface area (Å²) in [5, 5.41) is 9.14. The van der Waals surface area contributed by atoms with E-state index < -0.39 is 5.97 Å². The van der Waals surface area contributed by atoms with Gasteiger partial charge in [0.15, 0.2) is 0 Å². The smallest absolute Gasteiger partial charge is 0.335 e. The Labute approximate surface area is 125 Å². The van der Waals surface area contributed by atoms with E-state index in [9.17, 15) is 9.59 Å². The van der Waals surface area contributed by atoms with Gasteiger partial charge in [-0.1, -0.05) is 31.5 Å². The number of carboxylic acids is 1. The van der Waals surface area contributed by atoms with Gasteiger partial charge in [0.25, 0.3) is 0 Å². The zero-order valence-corrected chi connectivity index (χ0v) is 12.7. The van der Waals surface area contributed by atoms with Crippen LogP contribution in [-0.2, 0) is 11.2 Å². The number of rotatable bonds is 8. The van der Waals surface area contributed by atoms with E-state index in [0.717, 1.165) is 18.4 Å². The largest absolute Gasteiger partial charge is 0.478 e. The molecule has 1 atom stereocenters. The number of likely N-dealkylation sites (N-methyl/N-ethyl adjacent to an activating group) is 1. The van der Waals surface area contributed by atoms with E-state index in [2.05, 4.69) is 0 Å². The Kier molecular flexibility index (Phi) is 6.88. The zero-order chi connectivity index (χ0) is 15.8. The molecule has 0 spiro atoms. The molecule has 0 aliphatic heterocycles. The minimum atomic E-state index is -0.939. The lowest BCUT2D eigenvalue weighted by Crippen LogP contribution is -2.37. The van der Waals surface area contributed by atoms with Gasteiger partial charge in [-0.15, -0.1) is 0 Å². The first kappa shape index (κ1) is 17.2. The highest BCUT2D eigenvalue weighted by atomic mass is 16.4. The lowest BCUT2D eigenvalue weighted by atomic mass is 10.0. The number of amides is 1. The van der Waals surface area contributed by atoms with Crippen molar-refractivity contribution < 1.29 is 14.7 Å². The van der Waals surface area contributed by atoms with Crippen molar-refractivity contribution in [3.63, 3.8) is 0 Å². The van der Waals surface area contributed by atoms with Crippen LogP contribution >= 0.6 is 0 Å². The van der Waals surface area contributed by atoms with Crippen LogP contribution in [0.4, 0.5) is 0 Å². The number of hydrogen-bond donors (Lipinski definition) is 2. The van der Waals surface area contributed by atoms with Crippen molar-refractivity contribution in [3.05, 3.63) is 35.4 Å². The summed E-state index contributed by atoms with van der Waals surface area (Å²) in [6, 6.07) is 6.88. The summed E-state index contributed by atoms with van der Waals surface area (Å²) in [4.78, 5) is 25.0. The van der Waals surface area contributed by atoms with Crippen molar-refractivity contribution in [1.29, 1.82) is 0 Å². The van der Waals surface area contributed by atoms with Gasteiger partial charge < -0.3 is 15.7 Å². The van der Waals surface area contributed by atoms with Gasteiger partial charge in [-0.05, 0) is 24.5 Å². The maximum absolute atomic E-state index is 12.2. The summed E-state index contributed by atoms with van der Waals surface area (Å²) in [6.45, 7) is 2.87. The lowest BCUT2D eigenvalue weighted by Gasteiger charge is -2.23. The third-order valence-corrected chi connectivity index (χ3v) is 3.61. The highest BCUT2D eigenvalue weighted by molar-refractivity contribution is 5.89. The number of carboxylic acid groups (broad SMARTS) is 1. The number of benzene rings is 1. The van der Waals surface area contributed by atoms with Gasteiger partial charge in [-0.2, -0.15) is 0 Å². The average molecular weight is 292 g/mol. The third-order valence-electron chi connectivity index (χ3n) is 3.61. The zero-order valence-electron chi connectivity index (χ0n) is 12.7. The molecule has 0 fully saturated rings. The van der Waals surface area contributed by atoms with Crippen LogP contribution in [0, 0.1) is 5.92 Å². The predicted molar refractivity (Wildman–Crippen MR) is 82.2 cm³/mol. The molecular weight excluding hydrogens is 268 g/mol. The van der Waals surface area contributed by atoms with Crippen LogP contribution in [0.1, 0.15) is 35.7 Å². The topological polar surface area (TPSA) is 83.6 Å². The minimum Gasteiger partial charge on any atom is -0.478 e. The van der Waals surface area contributed by atoms with Crippen LogP contribution in [0.2, 0.25) is 0 Å². The highest BCUT2D eigenvalue weighted by Crippen LogP contribution is 2.12. The molecule has 1 rings (SSSR count). The second-order valence-electron chi connectivity index (χ2n) is 5.19. The van der Waals surface area contributed by atoms with Gasteiger partial charge in [-0.3, -0.25) is 4.79 Å². The normalized spacial score (nSPS) is 12.0. The Morgan fingerprint density at radius 3 is 2.57 bits per heavy atom. The van der Waals surface area contributed by atoms with E-state index in [1.54, 1.807) is 30.1 Å². The number of nitrogens with zero attached hydrogens (tertiary/aromatic N) is 1. The van der Waals surface area contributed by atoms with Crippen LogP contribution in [-0.4, -0.2) is 42.0 Å². The summed E-state index contributed by atoms with van der Waals surface area (Å²) < 4.78 is 0. The minimum absolute atomic E-state index is 0.0344. The SMILES string of the molecule is CCCC(CN)C(=O)N(C)CCc1ccccc1C(=O)O. The fourth-order valence-electron chi connectivity index (χ4n) is 2.35. The predicted octanol–water partition coefficient (Wildman–Crippen LogP) is 1.76. The first-order valence-electron chi connectivity index (χ1n) is 7.27. The Bertz CT molecular complexity index is 488. The Hall–Kier alpha value is -1.88. The molecular formula is C16H24N2O3. The molecule has 116 valence electrons. The second kappa shape index (κ2) is 8.42. The fourth-order valence-corrected chi connectivity index (χ4v) is 2.35. The summed E-state index contributed by atoms with van der Waals surface area (Å²) in [6.07, 6.45) is 2.23. The van der Waals surface area contributed by atoms with Crippen LogP contribution in [0.3, 0.4) is 0 Å². The van der Waals surface area contributed by atoms with Crippen molar-refractivity contribution in [1.82, 2.24) is 4.90 Å². The molecule has 0 aliphatic carbocycles. The molecule has 0 radical (unpaired) electrons. The molecule has 0 aromatic heterocycles. The van der Waals surface area contributed by atoms with E-state index in [-0.39, 0.29) is 11.8 Å². The first-order chi connectivity index (χ1) is 10.0. The monoisotopic (exact) mass is 292 g/mol. The second-order valence-corrected chi connectivity index (χ2v) is 5.19. The van der Waals surface area contributed by atoms with Gasteiger partial charge in [-0.25, -0.2) is 4.79 Å². The van der Waals surface area contributed by atoms with Crippen LogP contribution < -0.4 is 5.73 Å². The number of nitrogens with two attached hydrogens (primary N) is 1. The number of carbonyl (C=O) groups excluding carboxylic acids is 1. The molecule has 0 bridgehead atoms. The van der Waals surface area contributed by atoms with E-state index in [4.69, 9.17) is 10.8 Å². The average Bonchev–Trinajstić information content (AvgIpc) is 2.49. The molecule has 3 N–H and O–H groups in total. The number of hydrogen-bond acceptors (Lipinski definition) is 3. The van der Waals surface area contributed by atoms with E-state index in [0.29, 0.717) is 25.1 Å². The van der Waals surface area contributed by atoms with Gasteiger partial charge in [0.2, 0.25) is 5.91 Å². The standard InChI is InChI=1S/C16H24N2O3/c1-3-6-13(11-17)15(19)18(2)10-9-12-7-4-5-8-14(12)16(20)21/h4-5,7-8,13H,3,6,9-11,17H2,1-2H3,(H,20,21). The summed E-state index contributed by atoms with van der Waals surface area (Å²) in [7, 11) is 1.74. The summed E-state index contributed by atoms with van der Waals surface area (Å²) in [5.41, 5.74) is 6.68. The van der Waals surface area contributed by atoms with Gasteiger partial charge in [0, 0.05) is 20.1 Å². The Balaban J connectivity index is 2.66. The molecule has 1 aromatic rings. The van der Waals surface area contributed by atoms with E-state index in [1.165, 1.54) is 0 Å². The van der Waals surface area contributed by atoms with E-state index >= 15 is 0 Å². The van der Waals surface area contributed by atoms with Crippen molar-refractivity contribution in [3.8, 4) is 0 Å². The number of aromatic carboxylic acids is 1. The maximum Gasteiger partial charge on any atom is 0.335 e. The molecule has 0 saturated heterocycles. The van der Waals surface area contributed by atoms with Crippen molar-refractivity contribution in [2.24, 2.45) is 11.7 Å². The first-order valence-corrected chi connectivity index (χ1v) is 7.27. The number of carbonyl (C=O) groups is 2. The van der Waals surface area contributed by atoms with Gasteiger partial charge >= 0.3 is 5.97 Å². The maximum atomic E-state index is 12.2. The molecule has 1 amide bonds. The Morgan fingerprint density at radius 1 is 1.33 bits per heavy atom. The molecule has 1 unspecified atom stereocenters.